The van der Waals surface area contributed by atoms with Crippen molar-refractivity contribution in [2.45, 2.75) is 0 Å². The van der Waals surface area contributed by atoms with E-state index in [0.29, 0.717) is 5.69 Å². The molecule has 0 spiro atoms. The summed E-state index contributed by atoms with van der Waals surface area (Å²) in [7, 11) is 1.39. The van der Waals surface area contributed by atoms with Crippen LogP contribution in [-0.2, 0) is 9.53 Å². The minimum atomic E-state index is -0.730. The highest BCUT2D eigenvalue weighted by Gasteiger charge is 2.17. The number of ether oxygens (including phenoxy) is 2. The Balaban J connectivity index is 2.00. The Labute approximate surface area is 157 Å². The van der Waals surface area contributed by atoms with Crippen LogP contribution < -0.4 is 15.8 Å². The van der Waals surface area contributed by atoms with Crippen molar-refractivity contribution in [1.82, 2.24) is 0 Å². The highest BCUT2D eigenvalue weighted by atomic mass is 127. The van der Waals surface area contributed by atoms with Crippen molar-refractivity contribution in [2.75, 3.05) is 24.8 Å². The van der Waals surface area contributed by atoms with Crippen molar-refractivity contribution in [2.24, 2.45) is 0 Å². The van der Waals surface area contributed by atoms with Gasteiger partial charge in [0.25, 0.3) is 5.91 Å². The molecule has 0 bridgehead atoms. The third kappa shape index (κ3) is 4.75. The summed E-state index contributed by atoms with van der Waals surface area (Å²) in [5.41, 5.74) is 6.65. The van der Waals surface area contributed by atoms with E-state index >= 15 is 0 Å². The molecule has 2 aromatic rings. The van der Waals surface area contributed by atoms with Crippen LogP contribution in [0, 0.1) is 3.57 Å². The Morgan fingerprint density at radius 3 is 2.71 bits per heavy atom. The normalized spacial score (nSPS) is 10.1. The Morgan fingerprint density at radius 1 is 1.29 bits per heavy atom. The summed E-state index contributed by atoms with van der Waals surface area (Å²) in [6, 6.07) is 10.0. The second-order valence-electron chi connectivity index (χ2n) is 4.71. The van der Waals surface area contributed by atoms with E-state index in [9.17, 15) is 9.59 Å². The Morgan fingerprint density at radius 2 is 2.04 bits per heavy atom. The fourth-order valence-corrected chi connectivity index (χ4v) is 2.58. The SMILES string of the molecule is COc1cc(N)c(Cl)cc1C(=O)OCC(=O)Nc1cccc(I)c1. The van der Waals surface area contributed by atoms with Crippen molar-refractivity contribution >= 4 is 57.4 Å². The Kier molecular flexibility index (Phi) is 6.27. The second kappa shape index (κ2) is 8.20. The van der Waals surface area contributed by atoms with E-state index in [1.165, 1.54) is 19.2 Å². The van der Waals surface area contributed by atoms with Crippen LogP contribution in [0.5, 0.6) is 5.75 Å². The summed E-state index contributed by atoms with van der Waals surface area (Å²) in [5, 5.41) is 2.84. The maximum Gasteiger partial charge on any atom is 0.342 e. The minimum absolute atomic E-state index is 0.0961. The van der Waals surface area contributed by atoms with E-state index in [0.717, 1.165) is 3.57 Å². The van der Waals surface area contributed by atoms with Crippen molar-refractivity contribution in [3.63, 3.8) is 0 Å². The molecule has 0 aliphatic carbocycles. The van der Waals surface area contributed by atoms with Gasteiger partial charge in [0, 0.05) is 15.3 Å². The maximum atomic E-state index is 12.1. The number of benzene rings is 2. The molecule has 0 radical (unpaired) electrons. The van der Waals surface area contributed by atoms with E-state index in [1.807, 2.05) is 12.1 Å². The lowest BCUT2D eigenvalue weighted by atomic mass is 10.2. The summed E-state index contributed by atoms with van der Waals surface area (Å²) >= 11 is 8.04. The summed E-state index contributed by atoms with van der Waals surface area (Å²) < 4.78 is 11.1. The molecule has 0 saturated heterocycles. The number of nitrogen functional groups attached to an aromatic ring is 1. The average Bonchev–Trinajstić information content (AvgIpc) is 2.54. The number of halogens is 2. The van der Waals surface area contributed by atoms with Gasteiger partial charge in [0.05, 0.1) is 17.8 Å². The van der Waals surface area contributed by atoms with Crippen LogP contribution in [0.25, 0.3) is 0 Å². The molecule has 0 aliphatic heterocycles. The number of esters is 1. The number of carbonyl (C=O) groups excluding carboxylic acids is 2. The lowest BCUT2D eigenvalue weighted by Gasteiger charge is -2.11. The molecule has 0 fully saturated rings. The predicted octanol–water partition coefficient (Wildman–Crippen LogP) is 3.33. The van der Waals surface area contributed by atoms with Crippen molar-refractivity contribution < 1.29 is 19.1 Å². The largest absolute Gasteiger partial charge is 0.496 e. The summed E-state index contributed by atoms with van der Waals surface area (Å²) in [6.07, 6.45) is 0. The fraction of sp³-hybridized carbons (Fsp3) is 0.125. The number of hydrogen-bond acceptors (Lipinski definition) is 5. The molecule has 0 unspecified atom stereocenters. The van der Waals surface area contributed by atoms with Crippen LogP contribution in [0.2, 0.25) is 5.02 Å². The van der Waals surface area contributed by atoms with Gasteiger partial charge < -0.3 is 20.5 Å². The first kappa shape index (κ1) is 18.3. The Bertz CT molecular complexity index is 783. The van der Waals surface area contributed by atoms with Crippen LogP contribution >= 0.6 is 34.2 Å². The molecule has 2 rings (SSSR count). The molecule has 126 valence electrons. The topological polar surface area (TPSA) is 90.7 Å². The zero-order chi connectivity index (χ0) is 17.7. The second-order valence-corrected chi connectivity index (χ2v) is 6.36. The molecule has 0 atom stereocenters. The van der Waals surface area contributed by atoms with Crippen LogP contribution in [0.1, 0.15) is 10.4 Å². The molecule has 0 saturated carbocycles. The Hall–Kier alpha value is -2.00. The first-order valence-corrected chi connectivity index (χ1v) is 8.22. The maximum absolute atomic E-state index is 12.1. The van der Waals surface area contributed by atoms with E-state index < -0.39 is 18.5 Å². The molecule has 6 nitrogen and oxygen atoms in total. The molecule has 24 heavy (non-hydrogen) atoms. The molecule has 3 N–H and O–H groups in total. The van der Waals surface area contributed by atoms with Crippen LogP contribution in [-0.4, -0.2) is 25.6 Å². The molecule has 8 heteroatoms. The zero-order valence-electron chi connectivity index (χ0n) is 12.6. The lowest BCUT2D eigenvalue weighted by molar-refractivity contribution is -0.119. The molecule has 1 amide bonds. The molecular weight excluding hydrogens is 447 g/mol. The van der Waals surface area contributed by atoms with Crippen LogP contribution in [0.4, 0.5) is 11.4 Å². The predicted molar refractivity (Wildman–Crippen MR) is 100 cm³/mol. The summed E-state index contributed by atoms with van der Waals surface area (Å²) in [6.45, 7) is -0.435. The van der Waals surface area contributed by atoms with Crippen molar-refractivity contribution in [3.05, 3.63) is 50.6 Å². The van der Waals surface area contributed by atoms with Crippen LogP contribution in [0.3, 0.4) is 0 Å². The van der Waals surface area contributed by atoms with Gasteiger partial charge in [-0.1, -0.05) is 17.7 Å². The molecular formula is C16H14ClIN2O4. The molecule has 0 heterocycles. The monoisotopic (exact) mass is 460 g/mol. The number of rotatable bonds is 5. The van der Waals surface area contributed by atoms with Crippen molar-refractivity contribution in [1.29, 1.82) is 0 Å². The van der Waals surface area contributed by atoms with E-state index in [1.54, 1.807) is 12.1 Å². The number of anilines is 2. The molecule has 0 aliphatic rings. The number of carbonyl (C=O) groups is 2. The third-order valence-electron chi connectivity index (χ3n) is 2.98. The van der Waals surface area contributed by atoms with Crippen LogP contribution in [0.15, 0.2) is 36.4 Å². The molecule has 0 aromatic heterocycles. The number of nitrogens with two attached hydrogens (primary N) is 1. The number of amides is 1. The van der Waals surface area contributed by atoms with Gasteiger partial charge in [-0.25, -0.2) is 4.79 Å². The minimum Gasteiger partial charge on any atom is -0.496 e. The van der Waals surface area contributed by atoms with Gasteiger partial charge in [-0.05, 0) is 46.9 Å². The first-order chi connectivity index (χ1) is 11.4. The first-order valence-electron chi connectivity index (χ1n) is 6.76. The highest BCUT2D eigenvalue weighted by molar-refractivity contribution is 14.1. The van der Waals surface area contributed by atoms with E-state index in [-0.39, 0.29) is 22.0 Å². The summed E-state index contributed by atoms with van der Waals surface area (Å²) in [5.74, 6) is -0.961. The van der Waals surface area contributed by atoms with Gasteiger partial charge >= 0.3 is 5.97 Å². The van der Waals surface area contributed by atoms with Gasteiger partial charge in [0.2, 0.25) is 0 Å². The van der Waals surface area contributed by atoms with Gasteiger partial charge in [-0.3, -0.25) is 4.79 Å². The fourth-order valence-electron chi connectivity index (χ4n) is 1.87. The number of methoxy groups -OCH3 is 1. The smallest absolute Gasteiger partial charge is 0.342 e. The van der Waals surface area contributed by atoms with Gasteiger partial charge in [-0.2, -0.15) is 0 Å². The van der Waals surface area contributed by atoms with E-state index in [2.05, 4.69) is 27.9 Å². The van der Waals surface area contributed by atoms with Crippen molar-refractivity contribution in [3.8, 4) is 5.75 Å². The standard InChI is InChI=1S/C16H14ClIN2O4/c1-23-14-7-13(19)12(17)6-11(14)16(22)24-8-15(21)20-10-4-2-3-9(18)5-10/h2-7H,8,19H2,1H3,(H,20,21). The van der Waals surface area contributed by atoms with Gasteiger partial charge in [0.15, 0.2) is 6.61 Å². The lowest BCUT2D eigenvalue weighted by Crippen LogP contribution is -2.21. The highest BCUT2D eigenvalue weighted by Crippen LogP contribution is 2.29. The van der Waals surface area contributed by atoms with Gasteiger partial charge in [0.1, 0.15) is 11.3 Å². The van der Waals surface area contributed by atoms with Gasteiger partial charge in [-0.15, -0.1) is 0 Å². The number of hydrogen-bond donors (Lipinski definition) is 2. The van der Waals surface area contributed by atoms with E-state index in [4.69, 9.17) is 26.8 Å². The zero-order valence-corrected chi connectivity index (χ0v) is 15.6. The average molecular weight is 461 g/mol. The summed E-state index contributed by atoms with van der Waals surface area (Å²) in [4.78, 5) is 24.0. The molecule has 2 aromatic carbocycles. The number of nitrogens with one attached hydrogen (secondary N) is 1. The quantitative estimate of drug-likeness (QED) is 0.406. The third-order valence-corrected chi connectivity index (χ3v) is 3.98.